The van der Waals surface area contributed by atoms with Crippen LogP contribution in [0.15, 0.2) is 36.7 Å². The Morgan fingerprint density at radius 2 is 1.92 bits per heavy atom. The Morgan fingerprint density at radius 3 is 2.54 bits per heavy atom. The van der Waals surface area contributed by atoms with Gasteiger partial charge in [-0.05, 0) is 24.0 Å². The first-order valence-electron chi connectivity index (χ1n) is 11.7. The lowest BCUT2D eigenvalue weighted by Crippen LogP contribution is -2.59. The molecule has 2 N–H and O–H groups in total. The number of amides is 2. The van der Waals surface area contributed by atoms with E-state index in [1.54, 1.807) is 24.5 Å². The quantitative estimate of drug-likeness (QED) is 0.474. The number of rotatable bonds is 10. The summed E-state index contributed by atoms with van der Waals surface area (Å²) in [6.07, 6.45) is 3.46. The van der Waals surface area contributed by atoms with Crippen LogP contribution < -0.4 is 10.6 Å². The third-order valence-electron chi connectivity index (χ3n) is 5.70. The molecule has 9 nitrogen and oxygen atoms in total. The molecule has 2 amide bonds. The molecule has 2 heterocycles. The van der Waals surface area contributed by atoms with Crippen molar-refractivity contribution in [2.75, 3.05) is 19.8 Å². The van der Waals surface area contributed by atoms with Gasteiger partial charge >= 0.3 is 0 Å². The first-order chi connectivity index (χ1) is 17.5. The lowest BCUT2D eigenvalue weighted by molar-refractivity contribution is -0.134. The van der Waals surface area contributed by atoms with E-state index in [0.29, 0.717) is 12.1 Å². The van der Waals surface area contributed by atoms with Crippen LogP contribution in [0, 0.1) is 23.4 Å². The van der Waals surface area contributed by atoms with E-state index in [1.165, 1.54) is 0 Å². The van der Waals surface area contributed by atoms with Crippen molar-refractivity contribution in [1.29, 1.82) is 0 Å². The number of hydrogen-bond donors (Lipinski definition) is 2. The number of hydrogen-bond acceptors (Lipinski definition) is 6. The second kappa shape index (κ2) is 12.5. The lowest BCUT2D eigenvalue weighted by Gasteiger charge is -2.34. The monoisotopic (exact) mass is 542 g/mol. The van der Waals surface area contributed by atoms with Crippen LogP contribution in [0.3, 0.4) is 0 Å². The Kier molecular flexibility index (Phi) is 9.62. The third-order valence-corrected chi connectivity index (χ3v) is 7.51. The van der Waals surface area contributed by atoms with E-state index in [2.05, 4.69) is 15.6 Å². The first kappa shape index (κ1) is 28.5. The van der Waals surface area contributed by atoms with E-state index in [4.69, 9.17) is 4.74 Å². The molecular formula is C24H29F3N4O5S. The highest BCUT2D eigenvalue weighted by Gasteiger charge is 2.39. The number of ether oxygens (including phenoxy) is 1. The molecule has 1 aromatic carbocycles. The Labute approximate surface area is 213 Å². The van der Waals surface area contributed by atoms with Crippen molar-refractivity contribution in [3.05, 3.63) is 65.2 Å². The normalized spacial score (nSPS) is 17.4. The van der Waals surface area contributed by atoms with E-state index in [9.17, 15) is 31.2 Å². The highest BCUT2D eigenvalue weighted by molar-refractivity contribution is 7.88. The van der Waals surface area contributed by atoms with E-state index in [0.717, 1.165) is 9.87 Å². The molecule has 0 unspecified atom stereocenters. The maximum atomic E-state index is 14.1. The molecule has 1 saturated heterocycles. The zero-order chi connectivity index (χ0) is 27.2. The number of morpholine rings is 1. The summed E-state index contributed by atoms with van der Waals surface area (Å²) in [5, 5.41) is 5.33. The highest BCUT2D eigenvalue weighted by atomic mass is 32.2. The van der Waals surface area contributed by atoms with Crippen LogP contribution in [0.4, 0.5) is 13.2 Å². The molecule has 0 aliphatic carbocycles. The molecule has 3 rings (SSSR count). The van der Waals surface area contributed by atoms with Crippen molar-refractivity contribution in [3.8, 4) is 0 Å². The Bertz CT molecular complexity index is 1190. The maximum absolute atomic E-state index is 14.1. The lowest BCUT2D eigenvalue weighted by atomic mass is 10.0. The Balaban J connectivity index is 1.75. The van der Waals surface area contributed by atoms with Gasteiger partial charge in [-0.25, -0.2) is 21.6 Å². The summed E-state index contributed by atoms with van der Waals surface area (Å²) in [6.45, 7) is 3.30. The van der Waals surface area contributed by atoms with Crippen molar-refractivity contribution in [3.63, 3.8) is 0 Å². The average molecular weight is 543 g/mol. The minimum Gasteiger partial charge on any atom is -0.378 e. The molecule has 1 aliphatic rings. The number of carbonyl (C=O) groups is 2. The second-order valence-electron chi connectivity index (χ2n) is 9.08. The summed E-state index contributed by atoms with van der Waals surface area (Å²) in [7, 11) is -4.43. The van der Waals surface area contributed by atoms with E-state index in [1.807, 2.05) is 13.8 Å². The van der Waals surface area contributed by atoms with Gasteiger partial charge in [0.25, 0.3) is 0 Å². The van der Waals surface area contributed by atoms with Crippen molar-refractivity contribution in [1.82, 2.24) is 19.9 Å². The van der Waals surface area contributed by atoms with Gasteiger partial charge in [0.15, 0.2) is 0 Å². The first-order valence-corrected chi connectivity index (χ1v) is 13.3. The number of sulfonamides is 1. The number of pyridine rings is 1. The molecule has 0 radical (unpaired) electrons. The van der Waals surface area contributed by atoms with Crippen LogP contribution in [0.2, 0.25) is 0 Å². The number of aromatic nitrogens is 1. The van der Waals surface area contributed by atoms with Gasteiger partial charge in [-0.3, -0.25) is 14.6 Å². The molecule has 0 bridgehead atoms. The van der Waals surface area contributed by atoms with Gasteiger partial charge in [-0.1, -0.05) is 19.9 Å². The van der Waals surface area contributed by atoms with Crippen molar-refractivity contribution in [2.45, 2.75) is 44.6 Å². The molecule has 0 spiro atoms. The van der Waals surface area contributed by atoms with Gasteiger partial charge in [-0.2, -0.15) is 4.31 Å². The van der Waals surface area contributed by atoms with Gasteiger partial charge < -0.3 is 15.4 Å². The number of nitrogens with zero attached hydrogens (tertiary/aromatic N) is 2. The minimum atomic E-state index is -4.43. The van der Waals surface area contributed by atoms with Gasteiger partial charge in [0.05, 0.1) is 19.0 Å². The van der Waals surface area contributed by atoms with Crippen LogP contribution in [0.25, 0.3) is 0 Å². The number of nitrogens with one attached hydrogen (secondary N) is 2. The molecule has 37 heavy (non-hydrogen) atoms. The fourth-order valence-electron chi connectivity index (χ4n) is 3.89. The summed E-state index contributed by atoms with van der Waals surface area (Å²) < 4.78 is 73.8. The predicted octanol–water partition coefficient (Wildman–Crippen LogP) is 1.88. The molecule has 1 aromatic heterocycles. The Hall–Kier alpha value is -3.03. The molecule has 2 atom stereocenters. The van der Waals surface area contributed by atoms with Crippen molar-refractivity contribution in [2.24, 2.45) is 5.92 Å². The van der Waals surface area contributed by atoms with Crippen molar-refractivity contribution < 1.29 is 35.9 Å². The number of halogens is 3. The fourth-order valence-corrected chi connectivity index (χ4v) is 5.59. The zero-order valence-electron chi connectivity index (χ0n) is 20.4. The van der Waals surface area contributed by atoms with Gasteiger partial charge in [0.1, 0.15) is 29.5 Å². The van der Waals surface area contributed by atoms with Crippen LogP contribution in [0.5, 0.6) is 0 Å². The van der Waals surface area contributed by atoms with Gasteiger partial charge in [0, 0.05) is 43.2 Å². The van der Waals surface area contributed by atoms with Crippen molar-refractivity contribution >= 4 is 21.8 Å². The largest absolute Gasteiger partial charge is 0.378 e. The topological polar surface area (TPSA) is 118 Å². The van der Waals surface area contributed by atoms with E-state index in [-0.39, 0.29) is 38.6 Å². The van der Waals surface area contributed by atoms with Gasteiger partial charge in [0.2, 0.25) is 21.8 Å². The average Bonchev–Trinajstić information content (AvgIpc) is 2.84. The Morgan fingerprint density at radius 1 is 1.22 bits per heavy atom. The number of carbonyl (C=O) groups excluding carboxylic acids is 2. The second-order valence-corrected chi connectivity index (χ2v) is 11.0. The van der Waals surface area contributed by atoms with Crippen LogP contribution >= 0.6 is 0 Å². The minimum absolute atomic E-state index is 0.0151. The maximum Gasteiger partial charge on any atom is 0.242 e. The predicted molar refractivity (Wildman–Crippen MR) is 128 cm³/mol. The molecule has 2 aromatic rings. The van der Waals surface area contributed by atoms with Crippen LogP contribution in [0.1, 0.15) is 31.4 Å². The summed E-state index contributed by atoms with van der Waals surface area (Å²) >= 11 is 0. The summed E-state index contributed by atoms with van der Waals surface area (Å²) in [5.41, 5.74) is -0.0804. The smallest absolute Gasteiger partial charge is 0.242 e. The summed E-state index contributed by atoms with van der Waals surface area (Å²) in [4.78, 5) is 30.0. The van der Waals surface area contributed by atoms with Crippen LogP contribution in [-0.4, -0.2) is 61.4 Å². The fraction of sp³-hybridized carbons (Fsp3) is 0.458. The van der Waals surface area contributed by atoms with E-state index >= 15 is 0 Å². The van der Waals surface area contributed by atoms with E-state index < -0.39 is 62.7 Å². The molecule has 1 aliphatic heterocycles. The molecule has 202 valence electrons. The van der Waals surface area contributed by atoms with Crippen LogP contribution in [-0.2, 0) is 36.6 Å². The standard InChI is InChI=1S/C24H29F3N4O5S/c1-15(2)8-21(23(32)29-12-16-4-3-5-28-11-16)30-24(33)22-13-36-7-6-31(22)37(34,35)14-18-19(26)9-17(25)10-20(18)27/h3-5,9-11,15,21-22H,6-8,12-14H2,1-2H3,(H,29,32)(H,30,33)/t21-,22-/m0/s1. The zero-order valence-corrected chi connectivity index (χ0v) is 21.2. The highest BCUT2D eigenvalue weighted by Crippen LogP contribution is 2.22. The van der Waals surface area contributed by atoms with Gasteiger partial charge in [-0.15, -0.1) is 0 Å². The molecule has 0 saturated carbocycles. The molecule has 1 fully saturated rings. The summed E-state index contributed by atoms with van der Waals surface area (Å²) in [6, 6.07) is 1.93. The molecular weight excluding hydrogens is 513 g/mol. The summed E-state index contributed by atoms with van der Waals surface area (Å²) in [5.74, 6) is -6.23. The number of benzene rings is 1. The third kappa shape index (κ3) is 7.73. The molecule has 13 heteroatoms. The SMILES string of the molecule is CC(C)C[C@H](NC(=O)[C@@H]1COCCN1S(=O)(=O)Cc1c(F)cc(F)cc1F)C(=O)NCc1cccnc1.